The first-order valence-corrected chi connectivity index (χ1v) is 9.37. The highest BCUT2D eigenvalue weighted by atomic mass is 16.7. The van der Waals surface area contributed by atoms with Crippen LogP contribution in [0.15, 0.2) is 59.0 Å². The lowest BCUT2D eigenvalue weighted by Gasteiger charge is -2.11. The third kappa shape index (κ3) is 3.20. The van der Waals surface area contributed by atoms with E-state index in [0.29, 0.717) is 28.5 Å². The van der Waals surface area contributed by atoms with E-state index in [1.807, 2.05) is 36.4 Å². The highest BCUT2D eigenvalue weighted by Crippen LogP contribution is 2.37. The number of benzene rings is 3. The molecule has 1 aliphatic rings. The predicted octanol–water partition coefficient (Wildman–Crippen LogP) is 4.53. The molecular formula is C23H17NO6. The van der Waals surface area contributed by atoms with E-state index in [1.165, 1.54) is 6.92 Å². The monoisotopic (exact) mass is 403 g/mol. The lowest BCUT2D eigenvalue weighted by Crippen LogP contribution is -2.21. The maximum Gasteiger partial charge on any atom is 0.262 e. The molecule has 30 heavy (non-hydrogen) atoms. The molecule has 2 heterocycles. The second kappa shape index (κ2) is 7.11. The van der Waals surface area contributed by atoms with Gasteiger partial charge in [-0.15, -0.1) is 0 Å². The number of ether oxygens (including phenoxy) is 3. The minimum Gasteiger partial charge on any atom is -0.484 e. The summed E-state index contributed by atoms with van der Waals surface area (Å²) in [7, 11) is 0. The fraction of sp³-hybridized carbons (Fsp3) is 0.130. The van der Waals surface area contributed by atoms with Gasteiger partial charge in [-0.05, 0) is 37.3 Å². The summed E-state index contributed by atoms with van der Waals surface area (Å²) < 4.78 is 22.1. The minimum atomic E-state index is -0.395. The summed E-state index contributed by atoms with van der Waals surface area (Å²) in [5.74, 6) is 0.917. The van der Waals surface area contributed by atoms with Gasteiger partial charge in [0.1, 0.15) is 16.9 Å². The van der Waals surface area contributed by atoms with Gasteiger partial charge >= 0.3 is 0 Å². The Morgan fingerprint density at radius 3 is 2.57 bits per heavy atom. The van der Waals surface area contributed by atoms with Gasteiger partial charge < -0.3 is 23.9 Å². The molecule has 4 aromatic rings. The first kappa shape index (κ1) is 18.1. The maximum absolute atomic E-state index is 12.4. The Morgan fingerprint density at radius 1 is 0.967 bits per heavy atom. The number of carbonyl (C=O) groups excluding carboxylic acids is 2. The molecule has 0 fully saturated rings. The Labute approximate surface area is 171 Å². The molecule has 7 nitrogen and oxygen atoms in total. The molecule has 7 heteroatoms. The van der Waals surface area contributed by atoms with Gasteiger partial charge in [0.15, 0.2) is 23.9 Å². The normalized spacial score (nSPS) is 12.3. The second-order valence-electron chi connectivity index (χ2n) is 6.90. The van der Waals surface area contributed by atoms with E-state index in [2.05, 4.69) is 5.32 Å². The molecule has 150 valence electrons. The van der Waals surface area contributed by atoms with Gasteiger partial charge in [0.25, 0.3) is 5.91 Å². The number of hydrogen-bond acceptors (Lipinski definition) is 6. The Bertz CT molecular complexity index is 1310. The van der Waals surface area contributed by atoms with Crippen LogP contribution in [0.1, 0.15) is 17.3 Å². The van der Waals surface area contributed by atoms with E-state index in [0.717, 1.165) is 21.9 Å². The van der Waals surface area contributed by atoms with Crippen LogP contribution in [0.25, 0.3) is 21.9 Å². The van der Waals surface area contributed by atoms with Crippen molar-refractivity contribution in [2.45, 2.75) is 6.92 Å². The van der Waals surface area contributed by atoms with E-state index in [-0.39, 0.29) is 19.2 Å². The van der Waals surface area contributed by atoms with E-state index in [4.69, 9.17) is 18.6 Å². The summed E-state index contributed by atoms with van der Waals surface area (Å²) in [5, 5.41) is 4.61. The summed E-state index contributed by atoms with van der Waals surface area (Å²) in [4.78, 5) is 24.4. The first-order chi connectivity index (χ1) is 14.6. The number of para-hydroxylation sites is 1. The van der Waals surface area contributed by atoms with Gasteiger partial charge in [-0.1, -0.05) is 18.2 Å². The Balaban J connectivity index is 1.33. The quantitative estimate of drug-likeness (QED) is 0.493. The number of rotatable bonds is 5. The maximum atomic E-state index is 12.4. The highest BCUT2D eigenvalue weighted by Gasteiger charge is 2.20. The van der Waals surface area contributed by atoms with Crippen LogP contribution in [0.5, 0.6) is 17.2 Å². The Kier molecular flexibility index (Phi) is 4.28. The third-order valence-corrected chi connectivity index (χ3v) is 4.88. The molecule has 0 atom stereocenters. The van der Waals surface area contributed by atoms with Gasteiger partial charge in [-0.2, -0.15) is 0 Å². The zero-order valence-corrected chi connectivity index (χ0v) is 16.1. The van der Waals surface area contributed by atoms with Crippen molar-refractivity contribution >= 4 is 39.3 Å². The van der Waals surface area contributed by atoms with Crippen molar-refractivity contribution in [1.82, 2.24) is 0 Å². The topological polar surface area (TPSA) is 87.0 Å². The van der Waals surface area contributed by atoms with Gasteiger partial charge in [-0.3, -0.25) is 9.59 Å². The van der Waals surface area contributed by atoms with E-state index >= 15 is 0 Å². The molecule has 0 unspecified atom stereocenters. The predicted molar refractivity (Wildman–Crippen MR) is 110 cm³/mol. The van der Waals surface area contributed by atoms with Gasteiger partial charge in [0, 0.05) is 22.4 Å². The van der Waals surface area contributed by atoms with Crippen LogP contribution in [-0.4, -0.2) is 25.1 Å². The van der Waals surface area contributed by atoms with Gasteiger partial charge in [-0.25, -0.2) is 0 Å². The van der Waals surface area contributed by atoms with Crippen LogP contribution in [-0.2, 0) is 4.79 Å². The zero-order chi connectivity index (χ0) is 20.7. The molecule has 1 N–H and O–H groups in total. The van der Waals surface area contributed by atoms with Crippen molar-refractivity contribution < 1.29 is 28.2 Å². The van der Waals surface area contributed by atoms with Gasteiger partial charge in [0.2, 0.25) is 6.79 Å². The average molecular weight is 403 g/mol. The van der Waals surface area contributed by atoms with E-state index in [1.54, 1.807) is 18.2 Å². The molecule has 1 amide bonds. The zero-order valence-electron chi connectivity index (χ0n) is 16.1. The largest absolute Gasteiger partial charge is 0.484 e. The lowest BCUT2D eigenvalue weighted by molar-refractivity contribution is -0.118. The molecule has 0 saturated heterocycles. The van der Waals surface area contributed by atoms with Crippen LogP contribution >= 0.6 is 0 Å². The molecular weight excluding hydrogens is 386 g/mol. The van der Waals surface area contributed by atoms with Crippen molar-refractivity contribution in [3.63, 3.8) is 0 Å². The molecule has 0 radical (unpaired) electrons. The van der Waals surface area contributed by atoms with Crippen molar-refractivity contribution in [2.75, 3.05) is 18.7 Å². The smallest absolute Gasteiger partial charge is 0.262 e. The lowest BCUT2D eigenvalue weighted by atomic mass is 10.1. The molecule has 0 saturated carbocycles. The van der Waals surface area contributed by atoms with Crippen molar-refractivity contribution in [1.29, 1.82) is 0 Å². The molecule has 1 aliphatic heterocycles. The van der Waals surface area contributed by atoms with Crippen LogP contribution < -0.4 is 19.5 Å². The second-order valence-corrected chi connectivity index (χ2v) is 6.90. The molecule has 0 bridgehead atoms. The van der Waals surface area contributed by atoms with E-state index < -0.39 is 5.91 Å². The molecule has 5 rings (SSSR count). The first-order valence-electron chi connectivity index (χ1n) is 9.37. The number of anilines is 1. The van der Waals surface area contributed by atoms with Crippen LogP contribution in [0.3, 0.4) is 0 Å². The average Bonchev–Trinajstić information content (AvgIpc) is 3.35. The number of Topliss-reactive ketones (excluding diaryl/α,β-unsaturated/α-hetero) is 1. The van der Waals surface area contributed by atoms with Gasteiger partial charge in [0.05, 0.1) is 5.69 Å². The van der Waals surface area contributed by atoms with Crippen LogP contribution in [0.2, 0.25) is 0 Å². The van der Waals surface area contributed by atoms with Crippen LogP contribution in [0.4, 0.5) is 5.69 Å². The van der Waals surface area contributed by atoms with Crippen LogP contribution in [0, 0.1) is 0 Å². The van der Waals surface area contributed by atoms with Crippen molar-refractivity contribution in [2.24, 2.45) is 0 Å². The number of carbonyl (C=O) groups is 2. The summed E-state index contributed by atoms with van der Waals surface area (Å²) in [6, 6.07) is 16.3. The fourth-order valence-electron chi connectivity index (χ4n) is 3.47. The summed E-state index contributed by atoms with van der Waals surface area (Å²) >= 11 is 0. The van der Waals surface area contributed by atoms with Crippen molar-refractivity contribution in [3.05, 3.63) is 60.2 Å². The number of fused-ring (bicyclic) bond motifs is 4. The summed E-state index contributed by atoms with van der Waals surface area (Å²) in [5.41, 5.74) is 2.25. The van der Waals surface area contributed by atoms with E-state index in [9.17, 15) is 9.59 Å². The SMILES string of the molecule is CC(=O)c1cc2c(cc1NC(=O)COc1ccc3oc4ccccc4c3c1)OCO2. The fourth-order valence-corrected chi connectivity index (χ4v) is 3.47. The number of furan rings is 1. The molecule has 0 aliphatic carbocycles. The van der Waals surface area contributed by atoms with Crippen molar-refractivity contribution in [3.8, 4) is 17.2 Å². The summed E-state index contributed by atoms with van der Waals surface area (Å²) in [6.45, 7) is 1.29. The number of ketones is 1. The molecule has 1 aromatic heterocycles. The highest BCUT2D eigenvalue weighted by molar-refractivity contribution is 6.06. The number of hydrogen-bond donors (Lipinski definition) is 1. The third-order valence-electron chi connectivity index (χ3n) is 4.88. The minimum absolute atomic E-state index is 0.0817. The Hall–Kier alpha value is -4.00. The molecule has 0 spiro atoms. The Morgan fingerprint density at radius 2 is 1.73 bits per heavy atom. The summed E-state index contributed by atoms with van der Waals surface area (Å²) in [6.07, 6.45) is 0. The standard InChI is InChI=1S/C23H17NO6/c1-13(25)16-9-21-22(29-12-28-21)10-18(16)24-23(26)11-27-14-6-7-20-17(8-14)15-4-2-3-5-19(15)30-20/h2-10H,11-12H2,1H3,(H,24,26). The number of amides is 1. The number of nitrogens with one attached hydrogen (secondary N) is 1. The molecule has 3 aromatic carbocycles.